The van der Waals surface area contributed by atoms with Crippen LogP contribution in [0.2, 0.25) is 0 Å². The zero-order valence-corrected chi connectivity index (χ0v) is 12.6. The lowest BCUT2D eigenvalue weighted by Crippen LogP contribution is -2.28. The van der Waals surface area contributed by atoms with Crippen LogP contribution in [0.25, 0.3) is 0 Å². The number of aliphatic hydroxyl groups is 1. The van der Waals surface area contributed by atoms with Crippen molar-refractivity contribution in [3.8, 4) is 5.75 Å². The van der Waals surface area contributed by atoms with Gasteiger partial charge in [0.1, 0.15) is 5.75 Å². The standard InChI is InChI=1S/C14H21NO4S/c1-3-20(17,18)13-12(14(13,8-15)9-16)10-4-6-11(19-2)7-5-10/h4-7,12-13,16H,3,8-9,15H2,1-2H3/t12-,13-,14-/m1/s1. The Bertz CT molecular complexity index is 563. The summed E-state index contributed by atoms with van der Waals surface area (Å²) in [5.74, 6) is 0.534. The van der Waals surface area contributed by atoms with E-state index in [9.17, 15) is 13.5 Å². The zero-order valence-electron chi connectivity index (χ0n) is 11.7. The summed E-state index contributed by atoms with van der Waals surface area (Å²) in [7, 11) is -1.66. The first-order valence-electron chi connectivity index (χ1n) is 6.63. The zero-order chi connectivity index (χ0) is 15.0. The Labute approximate surface area is 119 Å². The molecule has 0 bridgehead atoms. The minimum Gasteiger partial charge on any atom is -0.497 e. The van der Waals surface area contributed by atoms with E-state index < -0.39 is 20.5 Å². The summed E-state index contributed by atoms with van der Waals surface area (Å²) >= 11 is 0. The van der Waals surface area contributed by atoms with E-state index >= 15 is 0 Å². The molecule has 112 valence electrons. The number of nitrogens with two attached hydrogens (primary N) is 1. The topological polar surface area (TPSA) is 89.6 Å². The first-order valence-corrected chi connectivity index (χ1v) is 8.34. The fourth-order valence-electron chi connectivity index (χ4n) is 3.01. The highest BCUT2D eigenvalue weighted by Crippen LogP contribution is 2.62. The fourth-order valence-corrected chi connectivity index (χ4v) is 5.17. The minimum absolute atomic E-state index is 0.0616. The van der Waals surface area contributed by atoms with Crippen molar-refractivity contribution in [1.29, 1.82) is 0 Å². The molecule has 1 aliphatic carbocycles. The molecule has 0 unspecified atom stereocenters. The summed E-state index contributed by atoms with van der Waals surface area (Å²) in [4.78, 5) is 0. The second-order valence-electron chi connectivity index (χ2n) is 5.22. The maximum Gasteiger partial charge on any atom is 0.154 e. The second-order valence-corrected chi connectivity index (χ2v) is 7.63. The van der Waals surface area contributed by atoms with Gasteiger partial charge in [0, 0.05) is 23.6 Å². The molecule has 3 N–H and O–H groups in total. The Morgan fingerprint density at radius 2 is 1.95 bits per heavy atom. The SMILES string of the molecule is CCS(=O)(=O)[C@@H]1[C@@H](c2ccc(OC)cc2)[C@@]1(CN)CO. The van der Waals surface area contributed by atoms with Gasteiger partial charge in [-0.3, -0.25) is 0 Å². The molecule has 0 aromatic heterocycles. The van der Waals surface area contributed by atoms with Crippen molar-refractivity contribution < 1.29 is 18.3 Å². The molecule has 1 aromatic carbocycles. The van der Waals surface area contributed by atoms with E-state index in [0.29, 0.717) is 5.75 Å². The van der Waals surface area contributed by atoms with Crippen molar-refractivity contribution in [1.82, 2.24) is 0 Å². The molecule has 6 heteroatoms. The quantitative estimate of drug-likeness (QED) is 0.800. The monoisotopic (exact) mass is 299 g/mol. The van der Waals surface area contributed by atoms with Crippen LogP contribution in [0.5, 0.6) is 5.75 Å². The van der Waals surface area contributed by atoms with Crippen molar-refractivity contribution in [2.75, 3.05) is 26.0 Å². The lowest BCUT2D eigenvalue weighted by molar-refractivity contribution is 0.212. The highest BCUT2D eigenvalue weighted by Gasteiger charge is 2.69. The van der Waals surface area contributed by atoms with E-state index in [-0.39, 0.29) is 24.8 Å². The Kier molecular flexibility index (Phi) is 4.09. The van der Waals surface area contributed by atoms with Gasteiger partial charge in [-0.25, -0.2) is 8.42 Å². The molecule has 1 fully saturated rings. The fraction of sp³-hybridized carbons (Fsp3) is 0.571. The van der Waals surface area contributed by atoms with Crippen molar-refractivity contribution >= 4 is 9.84 Å². The molecule has 0 spiro atoms. The lowest BCUT2D eigenvalue weighted by atomic mass is 10.00. The maximum atomic E-state index is 12.2. The lowest BCUT2D eigenvalue weighted by Gasteiger charge is -2.11. The normalized spacial score (nSPS) is 29.2. The van der Waals surface area contributed by atoms with Gasteiger partial charge in [-0.05, 0) is 17.7 Å². The molecule has 20 heavy (non-hydrogen) atoms. The van der Waals surface area contributed by atoms with Crippen LogP contribution < -0.4 is 10.5 Å². The summed E-state index contributed by atoms with van der Waals surface area (Å²) in [5.41, 5.74) is 5.89. The number of aliphatic hydroxyl groups excluding tert-OH is 1. The van der Waals surface area contributed by atoms with E-state index in [2.05, 4.69) is 0 Å². The predicted molar refractivity (Wildman–Crippen MR) is 77.6 cm³/mol. The van der Waals surface area contributed by atoms with Crippen LogP contribution in [-0.2, 0) is 9.84 Å². The smallest absolute Gasteiger partial charge is 0.154 e. The molecule has 2 rings (SSSR count). The van der Waals surface area contributed by atoms with Gasteiger partial charge in [0.25, 0.3) is 0 Å². The van der Waals surface area contributed by atoms with E-state index in [4.69, 9.17) is 10.5 Å². The van der Waals surface area contributed by atoms with Crippen LogP contribution in [0.1, 0.15) is 18.4 Å². The van der Waals surface area contributed by atoms with Gasteiger partial charge >= 0.3 is 0 Å². The van der Waals surface area contributed by atoms with Crippen molar-refractivity contribution in [3.63, 3.8) is 0 Å². The van der Waals surface area contributed by atoms with Crippen molar-refractivity contribution in [3.05, 3.63) is 29.8 Å². The van der Waals surface area contributed by atoms with Crippen LogP contribution in [0, 0.1) is 5.41 Å². The van der Waals surface area contributed by atoms with Gasteiger partial charge in [-0.1, -0.05) is 19.1 Å². The van der Waals surface area contributed by atoms with Gasteiger partial charge < -0.3 is 15.6 Å². The van der Waals surface area contributed by atoms with Gasteiger partial charge in [-0.2, -0.15) is 0 Å². The largest absolute Gasteiger partial charge is 0.497 e. The number of methoxy groups -OCH3 is 1. The van der Waals surface area contributed by atoms with Crippen LogP contribution >= 0.6 is 0 Å². The van der Waals surface area contributed by atoms with Gasteiger partial charge in [0.15, 0.2) is 9.84 Å². The Morgan fingerprint density at radius 3 is 2.35 bits per heavy atom. The molecule has 1 aliphatic rings. The molecular formula is C14H21NO4S. The van der Waals surface area contributed by atoms with Crippen molar-refractivity contribution in [2.24, 2.45) is 11.1 Å². The average Bonchev–Trinajstić information content (AvgIpc) is 3.18. The predicted octanol–water partition coefficient (Wildman–Crippen LogP) is 0.533. The number of hydrogen-bond acceptors (Lipinski definition) is 5. The molecule has 0 amide bonds. The summed E-state index contributed by atoms with van der Waals surface area (Å²) < 4.78 is 29.5. The first kappa shape index (κ1) is 15.3. The molecular weight excluding hydrogens is 278 g/mol. The van der Waals surface area contributed by atoms with E-state index in [1.165, 1.54) is 0 Å². The number of benzene rings is 1. The highest BCUT2D eigenvalue weighted by atomic mass is 32.2. The third kappa shape index (κ3) is 2.21. The first-order chi connectivity index (χ1) is 9.46. The Morgan fingerprint density at radius 1 is 1.35 bits per heavy atom. The molecule has 0 radical (unpaired) electrons. The Balaban J connectivity index is 2.38. The highest BCUT2D eigenvalue weighted by molar-refractivity contribution is 7.92. The van der Waals surface area contributed by atoms with Gasteiger partial charge in [-0.15, -0.1) is 0 Å². The molecule has 1 saturated carbocycles. The summed E-state index contributed by atoms with van der Waals surface area (Å²) in [5, 5.41) is 9.06. The van der Waals surface area contributed by atoms with Crippen LogP contribution in [0.4, 0.5) is 0 Å². The molecule has 5 nitrogen and oxygen atoms in total. The van der Waals surface area contributed by atoms with Crippen LogP contribution in [0.15, 0.2) is 24.3 Å². The number of sulfone groups is 1. The maximum absolute atomic E-state index is 12.2. The number of ether oxygens (including phenoxy) is 1. The van der Waals surface area contributed by atoms with E-state index in [1.807, 2.05) is 12.1 Å². The summed E-state index contributed by atoms with van der Waals surface area (Å²) in [6.45, 7) is 1.56. The third-order valence-corrected chi connectivity index (χ3v) is 6.64. The molecule has 0 aliphatic heterocycles. The molecule has 0 saturated heterocycles. The molecule has 3 atom stereocenters. The van der Waals surface area contributed by atoms with Crippen LogP contribution in [0.3, 0.4) is 0 Å². The Hall–Kier alpha value is -1.11. The number of hydrogen-bond donors (Lipinski definition) is 2. The number of rotatable bonds is 6. The molecule has 1 aromatic rings. The minimum atomic E-state index is -3.24. The van der Waals surface area contributed by atoms with Crippen LogP contribution in [-0.4, -0.2) is 44.8 Å². The third-order valence-electron chi connectivity index (χ3n) is 4.32. The second kappa shape index (κ2) is 5.35. The van der Waals surface area contributed by atoms with E-state index in [1.54, 1.807) is 26.2 Å². The average molecular weight is 299 g/mol. The molecule has 0 heterocycles. The van der Waals surface area contributed by atoms with Gasteiger partial charge in [0.05, 0.1) is 19.0 Å². The van der Waals surface area contributed by atoms with E-state index in [0.717, 1.165) is 5.56 Å². The van der Waals surface area contributed by atoms with Gasteiger partial charge in [0.2, 0.25) is 0 Å². The summed E-state index contributed by atoms with van der Waals surface area (Å²) in [6.07, 6.45) is 0. The summed E-state index contributed by atoms with van der Waals surface area (Å²) in [6, 6.07) is 7.27. The van der Waals surface area contributed by atoms with Crippen molar-refractivity contribution in [2.45, 2.75) is 18.1 Å².